The summed E-state index contributed by atoms with van der Waals surface area (Å²) in [5.41, 5.74) is 1.42. The molecule has 0 saturated carbocycles. The Balaban J connectivity index is 1.90. The highest BCUT2D eigenvalue weighted by atomic mass is 16.2. The Morgan fingerprint density at radius 2 is 2.00 bits per heavy atom. The van der Waals surface area contributed by atoms with Gasteiger partial charge in [-0.1, -0.05) is 19.9 Å². The van der Waals surface area contributed by atoms with E-state index in [1.165, 1.54) is 0 Å². The number of amides is 2. The van der Waals surface area contributed by atoms with Gasteiger partial charge in [-0.3, -0.25) is 9.59 Å². The summed E-state index contributed by atoms with van der Waals surface area (Å²) in [5, 5.41) is 8.98. The second-order valence-electron chi connectivity index (χ2n) is 5.84. The number of hydrogen-bond donors (Lipinski definition) is 3. The smallest absolute Gasteiger partial charge is 0.226 e. The van der Waals surface area contributed by atoms with Gasteiger partial charge in [0.05, 0.1) is 0 Å². The van der Waals surface area contributed by atoms with E-state index in [1.807, 2.05) is 32.0 Å². The fourth-order valence-electron chi connectivity index (χ4n) is 2.32. The molecule has 0 bridgehead atoms. The van der Waals surface area contributed by atoms with Crippen LogP contribution < -0.4 is 16.0 Å². The predicted molar refractivity (Wildman–Crippen MR) is 84.1 cm³/mol. The summed E-state index contributed by atoms with van der Waals surface area (Å²) in [6.07, 6.45) is 1.59. The molecule has 1 atom stereocenters. The van der Waals surface area contributed by atoms with E-state index in [9.17, 15) is 9.59 Å². The van der Waals surface area contributed by atoms with Gasteiger partial charge in [-0.15, -0.1) is 0 Å². The summed E-state index contributed by atoms with van der Waals surface area (Å²) < 4.78 is 0. The van der Waals surface area contributed by atoms with Gasteiger partial charge in [-0.25, -0.2) is 0 Å². The van der Waals surface area contributed by atoms with Crippen molar-refractivity contribution in [2.75, 3.05) is 23.7 Å². The van der Waals surface area contributed by atoms with Crippen LogP contribution >= 0.6 is 0 Å². The van der Waals surface area contributed by atoms with Crippen molar-refractivity contribution in [1.29, 1.82) is 0 Å². The van der Waals surface area contributed by atoms with Crippen molar-refractivity contribution in [2.45, 2.75) is 26.7 Å². The summed E-state index contributed by atoms with van der Waals surface area (Å²) in [5.74, 6) is 0.346. The van der Waals surface area contributed by atoms with Gasteiger partial charge in [-0.2, -0.15) is 0 Å². The van der Waals surface area contributed by atoms with Crippen molar-refractivity contribution < 1.29 is 9.59 Å². The Kier molecular flexibility index (Phi) is 5.33. The van der Waals surface area contributed by atoms with Crippen molar-refractivity contribution in [3.8, 4) is 0 Å². The van der Waals surface area contributed by atoms with Crippen LogP contribution in [0.15, 0.2) is 24.3 Å². The van der Waals surface area contributed by atoms with E-state index in [0.717, 1.165) is 19.5 Å². The van der Waals surface area contributed by atoms with Crippen LogP contribution in [0.2, 0.25) is 0 Å². The Labute approximate surface area is 125 Å². The second-order valence-corrected chi connectivity index (χ2v) is 5.84. The molecule has 1 heterocycles. The molecule has 2 amide bonds. The zero-order chi connectivity index (χ0) is 15.2. The highest BCUT2D eigenvalue weighted by Gasteiger charge is 2.18. The lowest BCUT2D eigenvalue weighted by molar-refractivity contribution is -0.119. The van der Waals surface area contributed by atoms with E-state index >= 15 is 0 Å². The Morgan fingerprint density at radius 3 is 2.62 bits per heavy atom. The van der Waals surface area contributed by atoms with E-state index < -0.39 is 0 Å². The van der Waals surface area contributed by atoms with Gasteiger partial charge in [0.25, 0.3) is 0 Å². The maximum atomic E-state index is 12.0. The highest BCUT2D eigenvalue weighted by Crippen LogP contribution is 2.18. The van der Waals surface area contributed by atoms with Gasteiger partial charge >= 0.3 is 0 Å². The average molecular weight is 289 g/mol. The first-order chi connectivity index (χ1) is 10.0. The van der Waals surface area contributed by atoms with Crippen LogP contribution in [-0.4, -0.2) is 24.9 Å². The van der Waals surface area contributed by atoms with Gasteiger partial charge in [0.15, 0.2) is 0 Å². The standard InChI is InChI=1S/C16H23N3O2/c1-11(2)16(21)19-14-5-3-4-13(9-14)18-15(20)8-12-6-7-17-10-12/h3-5,9,11-12,17H,6-8,10H2,1-2H3,(H,18,20)(H,19,21). The van der Waals surface area contributed by atoms with Crippen molar-refractivity contribution in [3.63, 3.8) is 0 Å². The minimum Gasteiger partial charge on any atom is -0.326 e. The lowest BCUT2D eigenvalue weighted by atomic mass is 10.0. The number of anilines is 2. The van der Waals surface area contributed by atoms with E-state index in [-0.39, 0.29) is 17.7 Å². The molecule has 0 spiro atoms. The quantitative estimate of drug-likeness (QED) is 0.778. The van der Waals surface area contributed by atoms with Crippen LogP contribution in [0.25, 0.3) is 0 Å². The van der Waals surface area contributed by atoms with Crippen molar-refractivity contribution in [1.82, 2.24) is 5.32 Å². The minimum absolute atomic E-state index is 0.0241. The average Bonchev–Trinajstić information content (AvgIpc) is 2.91. The SMILES string of the molecule is CC(C)C(=O)Nc1cccc(NC(=O)CC2CCNC2)c1. The number of carbonyl (C=O) groups is 2. The fourth-order valence-corrected chi connectivity index (χ4v) is 2.32. The maximum absolute atomic E-state index is 12.0. The zero-order valence-electron chi connectivity index (χ0n) is 12.6. The summed E-state index contributed by atoms with van der Waals surface area (Å²) in [6.45, 7) is 5.60. The maximum Gasteiger partial charge on any atom is 0.226 e. The van der Waals surface area contributed by atoms with Crippen molar-refractivity contribution in [2.24, 2.45) is 11.8 Å². The summed E-state index contributed by atoms with van der Waals surface area (Å²) in [7, 11) is 0. The van der Waals surface area contributed by atoms with Gasteiger partial charge in [0.1, 0.15) is 0 Å². The minimum atomic E-state index is -0.0712. The Morgan fingerprint density at radius 1 is 1.29 bits per heavy atom. The molecule has 1 aromatic rings. The number of nitrogens with one attached hydrogen (secondary N) is 3. The molecule has 5 nitrogen and oxygen atoms in total. The third-order valence-corrected chi connectivity index (χ3v) is 3.57. The molecule has 0 radical (unpaired) electrons. The molecule has 21 heavy (non-hydrogen) atoms. The van der Waals surface area contributed by atoms with Crippen LogP contribution in [0.3, 0.4) is 0 Å². The van der Waals surface area contributed by atoms with E-state index in [2.05, 4.69) is 16.0 Å². The lowest BCUT2D eigenvalue weighted by Crippen LogP contribution is -2.19. The molecule has 1 unspecified atom stereocenters. The Bertz CT molecular complexity index is 508. The van der Waals surface area contributed by atoms with Crippen LogP contribution in [0.5, 0.6) is 0 Å². The van der Waals surface area contributed by atoms with Crippen LogP contribution in [-0.2, 0) is 9.59 Å². The molecule has 1 aliphatic heterocycles. The molecule has 0 aromatic heterocycles. The fraction of sp³-hybridized carbons (Fsp3) is 0.500. The molecular formula is C16H23N3O2. The normalized spacial score (nSPS) is 17.8. The van der Waals surface area contributed by atoms with E-state index in [0.29, 0.717) is 23.7 Å². The van der Waals surface area contributed by atoms with Gasteiger partial charge < -0.3 is 16.0 Å². The summed E-state index contributed by atoms with van der Waals surface area (Å²) in [6, 6.07) is 7.25. The largest absolute Gasteiger partial charge is 0.326 e. The highest BCUT2D eigenvalue weighted by molar-refractivity contribution is 5.94. The van der Waals surface area contributed by atoms with Crippen LogP contribution in [0, 0.1) is 11.8 Å². The van der Waals surface area contributed by atoms with E-state index in [1.54, 1.807) is 6.07 Å². The number of hydrogen-bond acceptors (Lipinski definition) is 3. The molecule has 1 aliphatic rings. The molecule has 114 valence electrons. The molecule has 3 N–H and O–H groups in total. The predicted octanol–water partition coefficient (Wildman–Crippen LogP) is 2.22. The summed E-state index contributed by atoms with van der Waals surface area (Å²) in [4.78, 5) is 23.7. The van der Waals surface area contributed by atoms with Crippen molar-refractivity contribution in [3.05, 3.63) is 24.3 Å². The van der Waals surface area contributed by atoms with E-state index in [4.69, 9.17) is 0 Å². The Hall–Kier alpha value is -1.88. The molecule has 1 fully saturated rings. The number of rotatable bonds is 5. The summed E-state index contributed by atoms with van der Waals surface area (Å²) >= 11 is 0. The molecule has 1 saturated heterocycles. The third kappa shape index (κ3) is 4.86. The van der Waals surface area contributed by atoms with Gasteiger partial charge in [0.2, 0.25) is 11.8 Å². The molecular weight excluding hydrogens is 266 g/mol. The van der Waals surface area contributed by atoms with Gasteiger partial charge in [-0.05, 0) is 43.6 Å². The molecule has 2 rings (SSSR count). The topological polar surface area (TPSA) is 70.2 Å². The van der Waals surface area contributed by atoms with Crippen LogP contribution in [0.1, 0.15) is 26.7 Å². The second kappa shape index (κ2) is 7.22. The molecule has 5 heteroatoms. The number of carbonyl (C=O) groups excluding carboxylic acids is 2. The first kappa shape index (κ1) is 15.5. The van der Waals surface area contributed by atoms with Gasteiger partial charge in [0, 0.05) is 23.7 Å². The lowest BCUT2D eigenvalue weighted by Gasteiger charge is -2.11. The monoisotopic (exact) mass is 289 g/mol. The first-order valence-electron chi connectivity index (χ1n) is 7.46. The zero-order valence-corrected chi connectivity index (χ0v) is 12.6. The van der Waals surface area contributed by atoms with Crippen molar-refractivity contribution >= 4 is 23.2 Å². The molecule has 0 aliphatic carbocycles. The first-order valence-corrected chi connectivity index (χ1v) is 7.46. The number of benzene rings is 1. The molecule has 1 aromatic carbocycles. The third-order valence-electron chi connectivity index (χ3n) is 3.57. The van der Waals surface area contributed by atoms with Crippen LogP contribution in [0.4, 0.5) is 11.4 Å².